The van der Waals surface area contributed by atoms with Crippen molar-refractivity contribution in [1.29, 1.82) is 0 Å². The van der Waals surface area contributed by atoms with Crippen molar-refractivity contribution in [2.45, 2.75) is 33.0 Å². The molecule has 0 bridgehead atoms. The Morgan fingerprint density at radius 3 is 2.56 bits per heavy atom. The van der Waals surface area contributed by atoms with Crippen LogP contribution < -0.4 is 5.43 Å². The number of nitrogens with zero attached hydrogens (tertiary/aromatic N) is 3. The number of aryl methyl sites for hydroxylation is 2. The van der Waals surface area contributed by atoms with Crippen LogP contribution in [-0.2, 0) is 19.1 Å². The highest BCUT2D eigenvalue weighted by Crippen LogP contribution is 2.30. The van der Waals surface area contributed by atoms with E-state index in [1.165, 1.54) is 34.7 Å². The number of aromatic nitrogens is 2. The van der Waals surface area contributed by atoms with Crippen molar-refractivity contribution in [3.05, 3.63) is 93.1 Å². The Balaban J connectivity index is 1.70. The van der Waals surface area contributed by atoms with Crippen molar-refractivity contribution >= 4 is 16.9 Å². The molecular weight excluding hydrogens is 447 g/mol. The molecule has 9 heteroatoms. The van der Waals surface area contributed by atoms with Crippen LogP contribution in [0.25, 0.3) is 16.7 Å². The number of hydrogen-bond donors (Lipinski definition) is 0. The SMILES string of the molecule is CCc1oc2ccccc2c1CN(C)C(=O)c1nn(-c2cccc(C(F)(F)F)c2)c(C)cc1=O. The minimum atomic E-state index is -4.54. The van der Waals surface area contributed by atoms with Crippen LogP contribution in [0.2, 0.25) is 0 Å². The van der Waals surface area contributed by atoms with Gasteiger partial charge in [-0.15, -0.1) is 0 Å². The van der Waals surface area contributed by atoms with Crippen LogP contribution in [0, 0.1) is 6.92 Å². The molecule has 0 fully saturated rings. The van der Waals surface area contributed by atoms with E-state index >= 15 is 0 Å². The Labute approximate surface area is 193 Å². The molecule has 0 aliphatic rings. The quantitative estimate of drug-likeness (QED) is 0.406. The van der Waals surface area contributed by atoms with Gasteiger partial charge in [-0.3, -0.25) is 9.59 Å². The standard InChI is InChI=1S/C25H22F3N3O3/c1-4-21-19(18-10-5-6-11-22(18)34-21)14-30(3)24(33)23-20(32)12-15(2)31(29-23)17-9-7-8-16(13-17)25(26,27)28/h5-13H,4,14H2,1-3H3. The molecule has 0 aliphatic heterocycles. The molecule has 0 spiro atoms. The molecule has 0 aliphatic carbocycles. The molecule has 0 saturated heterocycles. The van der Waals surface area contributed by atoms with Gasteiger partial charge in [0.05, 0.1) is 11.3 Å². The number of carbonyl (C=O) groups excluding carboxylic acids is 1. The predicted molar refractivity (Wildman–Crippen MR) is 121 cm³/mol. The molecule has 4 rings (SSSR count). The maximum atomic E-state index is 13.2. The van der Waals surface area contributed by atoms with Crippen LogP contribution >= 0.6 is 0 Å². The number of furan rings is 1. The van der Waals surface area contributed by atoms with Crippen molar-refractivity contribution in [1.82, 2.24) is 14.7 Å². The molecule has 176 valence electrons. The van der Waals surface area contributed by atoms with E-state index in [4.69, 9.17) is 4.42 Å². The highest BCUT2D eigenvalue weighted by Gasteiger charge is 2.31. The van der Waals surface area contributed by atoms with Gasteiger partial charge in [0.1, 0.15) is 11.3 Å². The first-order valence-electron chi connectivity index (χ1n) is 10.6. The highest BCUT2D eigenvalue weighted by molar-refractivity contribution is 5.92. The van der Waals surface area contributed by atoms with Gasteiger partial charge in [-0.2, -0.15) is 18.3 Å². The van der Waals surface area contributed by atoms with Crippen LogP contribution in [0.4, 0.5) is 13.2 Å². The minimum Gasteiger partial charge on any atom is -0.461 e. The lowest BCUT2D eigenvalue weighted by Crippen LogP contribution is -2.33. The smallest absolute Gasteiger partial charge is 0.416 e. The Morgan fingerprint density at radius 2 is 1.85 bits per heavy atom. The lowest BCUT2D eigenvalue weighted by atomic mass is 10.1. The Morgan fingerprint density at radius 1 is 1.12 bits per heavy atom. The maximum Gasteiger partial charge on any atom is 0.416 e. The van der Waals surface area contributed by atoms with Gasteiger partial charge in [0.15, 0.2) is 5.69 Å². The fraction of sp³-hybridized carbons (Fsp3) is 0.240. The topological polar surface area (TPSA) is 68.3 Å². The third-order valence-corrected chi connectivity index (χ3v) is 5.57. The average molecular weight is 469 g/mol. The number of rotatable bonds is 5. The Bertz CT molecular complexity index is 1440. The second kappa shape index (κ2) is 8.81. The summed E-state index contributed by atoms with van der Waals surface area (Å²) in [4.78, 5) is 27.2. The number of fused-ring (bicyclic) bond motifs is 1. The van der Waals surface area contributed by atoms with E-state index in [0.29, 0.717) is 17.7 Å². The van der Waals surface area contributed by atoms with Crippen LogP contribution in [0.15, 0.2) is 63.8 Å². The maximum absolute atomic E-state index is 13.2. The van der Waals surface area contributed by atoms with Gasteiger partial charge in [-0.1, -0.05) is 31.2 Å². The van der Waals surface area contributed by atoms with Gasteiger partial charge in [-0.25, -0.2) is 4.68 Å². The summed E-state index contributed by atoms with van der Waals surface area (Å²) in [7, 11) is 1.54. The molecule has 2 aromatic heterocycles. The molecular formula is C25H22F3N3O3. The van der Waals surface area contributed by atoms with Gasteiger partial charge in [0.25, 0.3) is 5.91 Å². The van der Waals surface area contributed by atoms with Gasteiger partial charge in [-0.05, 0) is 31.2 Å². The van der Waals surface area contributed by atoms with Crippen molar-refractivity contribution in [3.63, 3.8) is 0 Å². The lowest BCUT2D eigenvalue weighted by Gasteiger charge is -2.18. The molecule has 0 unspecified atom stereocenters. The molecule has 0 atom stereocenters. The molecule has 1 amide bonds. The zero-order chi connectivity index (χ0) is 24.6. The van der Waals surface area contributed by atoms with Crippen molar-refractivity contribution in [2.75, 3.05) is 7.05 Å². The number of amides is 1. The molecule has 4 aromatic rings. The van der Waals surface area contributed by atoms with Gasteiger partial charge in [0, 0.05) is 42.7 Å². The summed E-state index contributed by atoms with van der Waals surface area (Å²) in [6.07, 6.45) is -3.91. The first-order valence-corrected chi connectivity index (χ1v) is 10.6. The normalized spacial score (nSPS) is 11.7. The predicted octanol–water partition coefficient (Wildman–Crippen LogP) is 5.14. The summed E-state index contributed by atoms with van der Waals surface area (Å²) in [5, 5.41) is 5.02. The molecule has 0 N–H and O–H groups in total. The average Bonchev–Trinajstić information content (AvgIpc) is 3.15. The summed E-state index contributed by atoms with van der Waals surface area (Å²) in [5.74, 6) is 0.0946. The fourth-order valence-electron chi connectivity index (χ4n) is 3.87. The van der Waals surface area contributed by atoms with Gasteiger partial charge < -0.3 is 9.32 Å². The first-order chi connectivity index (χ1) is 16.1. The molecule has 0 saturated carbocycles. The van der Waals surface area contributed by atoms with Crippen molar-refractivity contribution in [2.24, 2.45) is 0 Å². The van der Waals surface area contributed by atoms with Crippen LogP contribution in [0.5, 0.6) is 0 Å². The lowest BCUT2D eigenvalue weighted by molar-refractivity contribution is -0.137. The number of para-hydroxylation sites is 1. The molecule has 34 heavy (non-hydrogen) atoms. The monoisotopic (exact) mass is 469 g/mol. The van der Waals surface area contributed by atoms with Crippen LogP contribution in [-0.4, -0.2) is 27.6 Å². The number of benzene rings is 2. The summed E-state index contributed by atoms with van der Waals surface area (Å²) in [6.45, 7) is 3.66. The van der Waals surface area contributed by atoms with E-state index in [2.05, 4.69) is 5.10 Å². The van der Waals surface area contributed by atoms with Gasteiger partial charge in [0.2, 0.25) is 5.43 Å². The second-order valence-electron chi connectivity index (χ2n) is 7.97. The largest absolute Gasteiger partial charge is 0.461 e. The Kier molecular flexibility index (Phi) is 6.03. The zero-order valence-electron chi connectivity index (χ0n) is 18.8. The van der Waals surface area contributed by atoms with Crippen LogP contribution in [0.3, 0.4) is 0 Å². The van der Waals surface area contributed by atoms with E-state index in [1.807, 2.05) is 31.2 Å². The molecule has 2 heterocycles. The summed E-state index contributed by atoms with van der Waals surface area (Å²) < 4.78 is 46.5. The van der Waals surface area contributed by atoms with E-state index in [1.54, 1.807) is 7.05 Å². The van der Waals surface area contributed by atoms with Crippen molar-refractivity contribution in [3.8, 4) is 5.69 Å². The molecule has 0 radical (unpaired) electrons. The highest BCUT2D eigenvalue weighted by atomic mass is 19.4. The fourth-order valence-corrected chi connectivity index (χ4v) is 3.87. The minimum absolute atomic E-state index is 0.0955. The second-order valence-corrected chi connectivity index (χ2v) is 7.97. The zero-order valence-corrected chi connectivity index (χ0v) is 18.8. The number of halogens is 3. The van der Waals surface area contributed by atoms with Crippen molar-refractivity contribution < 1.29 is 22.4 Å². The van der Waals surface area contributed by atoms with E-state index in [-0.39, 0.29) is 17.9 Å². The first kappa shape index (κ1) is 23.3. The molecule has 2 aromatic carbocycles. The number of hydrogen-bond acceptors (Lipinski definition) is 4. The summed E-state index contributed by atoms with van der Waals surface area (Å²) in [6, 6.07) is 13.2. The summed E-state index contributed by atoms with van der Waals surface area (Å²) >= 11 is 0. The third kappa shape index (κ3) is 4.33. The van der Waals surface area contributed by atoms with Crippen LogP contribution in [0.1, 0.15) is 40.0 Å². The number of carbonyl (C=O) groups is 1. The van der Waals surface area contributed by atoms with Gasteiger partial charge >= 0.3 is 6.18 Å². The van der Waals surface area contributed by atoms with E-state index in [9.17, 15) is 22.8 Å². The van der Waals surface area contributed by atoms with E-state index in [0.717, 1.165) is 28.8 Å². The Hall–Kier alpha value is -3.88. The molecule has 6 nitrogen and oxygen atoms in total. The van der Waals surface area contributed by atoms with E-state index < -0.39 is 23.1 Å². The number of alkyl halides is 3. The third-order valence-electron chi connectivity index (χ3n) is 5.57. The summed E-state index contributed by atoms with van der Waals surface area (Å²) in [5.41, 5.74) is 0.0982.